The Bertz CT molecular complexity index is 1270. The quantitative estimate of drug-likeness (QED) is 0.603. The lowest BCUT2D eigenvalue weighted by Gasteiger charge is -2.36. The predicted octanol–water partition coefficient (Wildman–Crippen LogP) is 2.82. The van der Waals surface area contributed by atoms with Crippen molar-refractivity contribution in [1.82, 2.24) is 10.2 Å². The van der Waals surface area contributed by atoms with E-state index in [1.807, 2.05) is 7.05 Å². The summed E-state index contributed by atoms with van der Waals surface area (Å²) in [7, 11) is -2.21. The van der Waals surface area contributed by atoms with Gasteiger partial charge in [0.05, 0.1) is 22.4 Å². The number of nitrogens with zero attached hydrogens (tertiary/aromatic N) is 1. The topological polar surface area (TPSA) is 108 Å². The molecule has 34 heavy (non-hydrogen) atoms. The summed E-state index contributed by atoms with van der Waals surface area (Å²) in [5.74, 6) is -1.41. The number of likely N-dealkylation sites (tertiary alicyclic amines) is 1. The maximum absolute atomic E-state index is 14.2. The number of fused-ring (bicyclic) bond motifs is 2. The first-order chi connectivity index (χ1) is 16.2. The average molecular weight is 487 g/mol. The zero-order chi connectivity index (χ0) is 24.1. The van der Waals surface area contributed by atoms with Gasteiger partial charge in [-0.05, 0) is 75.6 Å². The van der Waals surface area contributed by atoms with Crippen molar-refractivity contribution >= 4 is 33.2 Å². The zero-order valence-electron chi connectivity index (χ0n) is 18.9. The molecule has 0 bridgehead atoms. The molecule has 0 unspecified atom stereocenters. The third-order valence-electron chi connectivity index (χ3n) is 7.21. The second-order valence-corrected chi connectivity index (χ2v) is 11.1. The first-order valence-corrected chi connectivity index (χ1v) is 12.9. The fourth-order valence-electron chi connectivity index (χ4n) is 5.06. The summed E-state index contributed by atoms with van der Waals surface area (Å²) in [5.41, 5.74) is 0.630. The molecule has 2 aromatic carbocycles. The van der Waals surface area contributed by atoms with E-state index in [0.29, 0.717) is 24.1 Å². The Morgan fingerprint density at radius 2 is 1.88 bits per heavy atom. The van der Waals surface area contributed by atoms with Crippen molar-refractivity contribution in [2.45, 2.75) is 48.5 Å². The number of carbonyl (C=O) groups excluding carboxylic acids is 2. The molecule has 0 aromatic heterocycles. The summed E-state index contributed by atoms with van der Waals surface area (Å²) >= 11 is 0. The number of hydrogen-bond donors (Lipinski definition) is 3. The number of piperidine rings is 1. The highest BCUT2D eigenvalue weighted by Gasteiger charge is 2.52. The first kappa shape index (κ1) is 22.8. The largest absolute Gasteiger partial charge is 0.349 e. The van der Waals surface area contributed by atoms with Gasteiger partial charge < -0.3 is 15.5 Å². The Morgan fingerprint density at radius 1 is 1.18 bits per heavy atom. The van der Waals surface area contributed by atoms with Crippen LogP contribution in [-0.2, 0) is 20.2 Å². The minimum atomic E-state index is -4.24. The summed E-state index contributed by atoms with van der Waals surface area (Å²) in [6.45, 7) is 1.73. The Morgan fingerprint density at radius 3 is 2.53 bits per heavy atom. The van der Waals surface area contributed by atoms with E-state index >= 15 is 0 Å². The van der Waals surface area contributed by atoms with E-state index < -0.39 is 26.2 Å². The smallest absolute Gasteiger partial charge is 0.264 e. The molecule has 180 valence electrons. The number of benzene rings is 2. The van der Waals surface area contributed by atoms with Crippen molar-refractivity contribution in [3.63, 3.8) is 0 Å². The van der Waals surface area contributed by atoms with Gasteiger partial charge in [0.15, 0.2) is 0 Å². The Kier molecular flexibility index (Phi) is 5.60. The second-order valence-electron chi connectivity index (χ2n) is 9.42. The van der Waals surface area contributed by atoms with Crippen LogP contribution in [0, 0.1) is 5.82 Å². The minimum absolute atomic E-state index is 0.00659. The highest BCUT2D eigenvalue weighted by atomic mass is 32.2. The molecular formula is C24H27FN4O4S. The highest BCUT2D eigenvalue weighted by molar-refractivity contribution is 7.92. The van der Waals surface area contributed by atoms with Crippen LogP contribution >= 0.6 is 0 Å². The van der Waals surface area contributed by atoms with Crippen LogP contribution in [0.3, 0.4) is 0 Å². The monoisotopic (exact) mass is 486 g/mol. The molecule has 3 aliphatic rings. The summed E-state index contributed by atoms with van der Waals surface area (Å²) < 4.78 is 42.5. The average Bonchev–Trinajstić information content (AvgIpc) is 3.06. The number of sulfonamides is 1. The summed E-state index contributed by atoms with van der Waals surface area (Å²) in [4.78, 5) is 27.9. The fourth-order valence-corrected chi connectivity index (χ4v) is 6.18. The van der Waals surface area contributed by atoms with E-state index in [-0.39, 0.29) is 29.1 Å². The Labute approximate surface area is 198 Å². The number of rotatable bonds is 5. The summed E-state index contributed by atoms with van der Waals surface area (Å²) in [6, 6.07) is 8.10. The van der Waals surface area contributed by atoms with E-state index in [1.165, 1.54) is 24.3 Å². The lowest BCUT2D eigenvalue weighted by Crippen LogP contribution is -2.43. The maximum Gasteiger partial charge on any atom is 0.264 e. The van der Waals surface area contributed by atoms with Crippen LogP contribution in [0.1, 0.15) is 48.0 Å². The van der Waals surface area contributed by atoms with E-state index in [2.05, 4.69) is 20.3 Å². The molecule has 3 N–H and O–H groups in total. The van der Waals surface area contributed by atoms with E-state index in [4.69, 9.17) is 0 Å². The lowest BCUT2D eigenvalue weighted by molar-refractivity contribution is -0.123. The van der Waals surface area contributed by atoms with Crippen LogP contribution in [0.2, 0.25) is 0 Å². The van der Waals surface area contributed by atoms with Crippen molar-refractivity contribution in [2.75, 3.05) is 30.2 Å². The third-order valence-corrected chi connectivity index (χ3v) is 8.63. The second kappa shape index (κ2) is 8.35. The number of carbonyl (C=O) groups is 2. The molecule has 5 rings (SSSR count). The van der Waals surface area contributed by atoms with Gasteiger partial charge in [0.1, 0.15) is 10.7 Å². The molecule has 2 aromatic rings. The van der Waals surface area contributed by atoms with Gasteiger partial charge in [-0.1, -0.05) is 18.6 Å². The van der Waals surface area contributed by atoms with Gasteiger partial charge in [-0.2, -0.15) is 0 Å². The van der Waals surface area contributed by atoms with Crippen LogP contribution in [-0.4, -0.2) is 51.3 Å². The molecule has 1 saturated heterocycles. The van der Waals surface area contributed by atoms with Crippen molar-refractivity contribution in [3.05, 3.63) is 53.3 Å². The normalized spacial score (nSPS) is 19.9. The Hall–Kier alpha value is -2.98. The number of anilines is 2. The van der Waals surface area contributed by atoms with Gasteiger partial charge in [0, 0.05) is 6.04 Å². The molecular weight excluding hydrogens is 459 g/mol. The molecule has 8 nitrogen and oxygen atoms in total. The van der Waals surface area contributed by atoms with Crippen LogP contribution < -0.4 is 15.4 Å². The molecule has 2 fully saturated rings. The molecule has 2 amide bonds. The highest BCUT2D eigenvalue weighted by Crippen LogP contribution is 2.52. The number of amides is 2. The number of hydrogen-bond acceptors (Lipinski definition) is 5. The molecule has 2 aliphatic heterocycles. The van der Waals surface area contributed by atoms with Gasteiger partial charge in [-0.25, -0.2) is 12.8 Å². The van der Waals surface area contributed by atoms with E-state index in [1.54, 1.807) is 6.07 Å². The first-order valence-electron chi connectivity index (χ1n) is 11.5. The lowest BCUT2D eigenvalue weighted by atomic mass is 9.65. The van der Waals surface area contributed by atoms with Gasteiger partial charge in [-0.3, -0.25) is 14.3 Å². The molecule has 1 aliphatic carbocycles. The minimum Gasteiger partial charge on any atom is -0.349 e. The standard InChI is InChI=1S/C24H27FN4O4S/c1-29-11-7-15(8-12-29)26-22(30)17-13-16(28-34(32,33)20-6-3-2-5-19(20)25)14-18-21(17)27-23(31)24(18)9-4-10-24/h2-3,5-6,13-15,28H,4,7-12H2,1H3,(H,26,30)(H,27,31). The number of nitrogens with one attached hydrogen (secondary N) is 3. The molecule has 1 spiro atoms. The molecule has 0 radical (unpaired) electrons. The van der Waals surface area contributed by atoms with Crippen LogP contribution in [0.15, 0.2) is 41.3 Å². The van der Waals surface area contributed by atoms with Gasteiger partial charge in [0.2, 0.25) is 5.91 Å². The summed E-state index contributed by atoms with van der Waals surface area (Å²) in [6.07, 6.45) is 3.74. The fraction of sp³-hybridized carbons (Fsp3) is 0.417. The van der Waals surface area contributed by atoms with E-state index in [0.717, 1.165) is 38.4 Å². The van der Waals surface area contributed by atoms with Crippen molar-refractivity contribution in [3.8, 4) is 0 Å². The van der Waals surface area contributed by atoms with Gasteiger partial charge in [0.25, 0.3) is 15.9 Å². The van der Waals surface area contributed by atoms with Gasteiger partial charge in [-0.15, -0.1) is 0 Å². The van der Waals surface area contributed by atoms with Crippen LogP contribution in [0.4, 0.5) is 15.8 Å². The van der Waals surface area contributed by atoms with E-state index in [9.17, 15) is 22.4 Å². The number of halogens is 1. The maximum atomic E-state index is 14.2. The Balaban J connectivity index is 1.52. The summed E-state index contributed by atoms with van der Waals surface area (Å²) in [5, 5.41) is 5.91. The van der Waals surface area contributed by atoms with Crippen molar-refractivity contribution in [1.29, 1.82) is 0 Å². The molecule has 1 saturated carbocycles. The molecule has 10 heteroatoms. The predicted molar refractivity (Wildman–Crippen MR) is 126 cm³/mol. The van der Waals surface area contributed by atoms with Crippen molar-refractivity contribution in [2.24, 2.45) is 0 Å². The third kappa shape index (κ3) is 3.84. The van der Waals surface area contributed by atoms with Crippen LogP contribution in [0.5, 0.6) is 0 Å². The van der Waals surface area contributed by atoms with Gasteiger partial charge >= 0.3 is 0 Å². The molecule has 0 atom stereocenters. The SMILES string of the molecule is CN1CCC(NC(=O)c2cc(NS(=O)(=O)c3ccccc3F)cc3c2NC(=O)C32CCC2)CC1. The van der Waals surface area contributed by atoms with Crippen LogP contribution in [0.25, 0.3) is 0 Å². The molecule has 2 heterocycles. The zero-order valence-corrected chi connectivity index (χ0v) is 19.7. The van der Waals surface area contributed by atoms with Crippen molar-refractivity contribution < 1.29 is 22.4 Å².